The Morgan fingerprint density at radius 2 is 1.92 bits per heavy atom. The molecular weight excluding hydrogens is 300 g/mol. The molecule has 5 heteroatoms. The van der Waals surface area contributed by atoms with Crippen molar-refractivity contribution in [2.75, 3.05) is 6.54 Å². The van der Waals surface area contributed by atoms with E-state index in [1.165, 1.54) is 0 Å². The average molecular weight is 328 g/mol. The fourth-order valence-corrected chi connectivity index (χ4v) is 2.82. The number of benzene rings is 1. The molecular formula is C19H28N4O. The summed E-state index contributed by atoms with van der Waals surface area (Å²) in [7, 11) is 0. The van der Waals surface area contributed by atoms with Crippen molar-refractivity contribution >= 4 is 5.91 Å². The normalized spacial score (nSPS) is 12.4. The van der Waals surface area contributed by atoms with Crippen molar-refractivity contribution in [3.8, 4) is 0 Å². The van der Waals surface area contributed by atoms with Crippen LogP contribution in [-0.4, -0.2) is 28.3 Å². The predicted molar refractivity (Wildman–Crippen MR) is 97.0 cm³/mol. The van der Waals surface area contributed by atoms with E-state index in [-0.39, 0.29) is 11.9 Å². The van der Waals surface area contributed by atoms with Crippen molar-refractivity contribution in [3.05, 3.63) is 52.8 Å². The monoisotopic (exact) mass is 328 g/mol. The first-order valence-corrected chi connectivity index (χ1v) is 8.50. The summed E-state index contributed by atoms with van der Waals surface area (Å²) < 4.78 is 1.97. The SMILES string of the molecule is Cc1cc(C)n(Cc2ccc(C(=O)NC(CN)CC(C)C)cc2)n1. The number of rotatable bonds is 7. The third-order valence-corrected chi connectivity index (χ3v) is 4.03. The van der Waals surface area contributed by atoms with E-state index in [1.807, 2.05) is 42.8 Å². The van der Waals surface area contributed by atoms with Crippen LogP contribution < -0.4 is 11.1 Å². The molecule has 0 fully saturated rings. The number of carbonyl (C=O) groups excluding carboxylic acids is 1. The van der Waals surface area contributed by atoms with Gasteiger partial charge < -0.3 is 11.1 Å². The summed E-state index contributed by atoms with van der Waals surface area (Å²) in [5, 5.41) is 7.48. The maximum absolute atomic E-state index is 12.3. The average Bonchev–Trinajstić information content (AvgIpc) is 2.84. The largest absolute Gasteiger partial charge is 0.348 e. The number of aryl methyl sites for hydroxylation is 2. The van der Waals surface area contributed by atoms with Crippen LogP contribution in [0.25, 0.3) is 0 Å². The summed E-state index contributed by atoms with van der Waals surface area (Å²) in [6.07, 6.45) is 0.887. The zero-order valence-corrected chi connectivity index (χ0v) is 15.0. The molecule has 2 rings (SSSR count). The molecule has 0 radical (unpaired) electrons. The molecule has 0 aliphatic carbocycles. The number of nitrogens with zero attached hydrogens (tertiary/aromatic N) is 2. The Labute approximate surface area is 144 Å². The topological polar surface area (TPSA) is 72.9 Å². The van der Waals surface area contributed by atoms with Gasteiger partial charge in [0.15, 0.2) is 0 Å². The van der Waals surface area contributed by atoms with E-state index >= 15 is 0 Å². The predicted octanol–water partition coefficient (Wildman–Crippen LogP) is 2.65. The van der Waals surface area contributed by atoms with Crippen LogP contribution in [0.3, 0.4) is 0 Å². The van der Waals surface area contributed by atoms with Gasteiger partial charge >= 0.3 is 0 Å². The highest BCUT2D eigenvalue weighted by atomic mass is 16.1. The lowest BCUT2D eigenvalue weighted by atomic mass is 10.0. The van der Waals surface area contributed by atoms with Gasteiger partial charge in [-0.05, 0) is 49.9 Å². The Kier molecular flexibility index (Phi) is 6.15. The first kappa shape index (κ1) is 18.2. The highest BCUT2D eigenvalue weighted by Gasteiger charge is 2.14. The first-order valence-electron chi connectivity index (χ1n) is 8.50. The maximum Gasteiger partial charge on any atom is 0.251 e. The molecule has 130 valence electrons. The van der Waals surface area contributed by atoms with Crippen LogP contribution in [0.15, 0.2) is 30.3 Å². The van der Waals surface area contributed by atoms with E-state index < -0.39 is 0 Å². The molecule has 3 N–H and O–H groups in total. The quantitative estimate of drug-likeness (QED) is 0.820. The number of hydrogen-bond acceptors (Lipinski definition) is 3. The summed E-state index contributed by atoms with van der Waals surface area (Å²) in [6, 6.07) is 9.76. The van der Waals surface area contributed by atoms with Crippen molar-refractivity contribution in [3.63, 3.8) is 0 Å². The Morgan fingerprint density at radius 1 is 1.25 bits per heavy atom. The number of carbonyl (C=O) groups is 1. The van der Waals surface area contributed by atoms with E-state index in [2.05, 4.69) is 30.3 Å². The summed E-state index contributed by atoms with van der Waals surface area (Å²) in [5.41, 5.74) is 9.68. The van der Waals surface area contributed by atoms with Crippen LogP contribution in [0.1, 0.15) is 47.6 Å². The van der Waals surface area contributed by atoms with Gasteiger partial charge in [0.05, 0.1) is 12.2 Å². The van der Waals surface area contributed by atoms with Crippen LogP contribution in [0.2, 0.25) is 0 Å². The Balaban J connectivity index is 2.00. The van der Waals surface area contributed by atoms with Gasteiger partial charge in [-0.15, -0.1) is 0 Å². The van der Waals surface area contributed by atoms with E-state index in [0.29, 0.717) is 24.6 Å². The van der Waals surface area contributed by atoms with Gasteiger partial charge in [-0.2, -0.15) is 5.10 Å². The molecule has 1 amide bonds. The fourth-order valence-electron chi connectivity index (χ4n) is 2.82. The van der Waals surface area contributed by atoms with Gasteiger partial charge in [-0.1, -0.05) is 26.0 Å². The third-order valence-electron chi connectivity index (χ3n) is 4.03. The van der Waals surface area contributed by atoms with E-state index in [9.17, 15) is 4.79 Å². The summed E-state index contributed by atoms with van der Waals surface area (Å²) in [5.74, 6) is 0.436. The second kappa shape index (κ2) is 8.11. The number of hydrogen-bond donors (Lipinski definition) is 2. The molecule has 1 atom stereocenters. The number of nitrogens with one attached hydrogen (secondary N) is 1. The van der Waals surface area contributed by atoms with E-state index in [0.717, 1.165) is 23.4 Å². The highest BCUT2D eigenvalue weighted by molar-refractivity contribution is 5.94. The van der Waals surface area contributed by atoms with Crippen LogP contribution in [0.5, 0.6) is 0 Å². The van der Waals surface area contributed by atoms with Crippen molar-refractivity contribution in [1.29, 1.82) is 0 Å². The van der Waals surface area contributed by atoms with Gasteiger partial charge in [-0.3, -0.25) is 9.48 Å². The molecule has 1 aromatic carbocycles. The smallest absolute Gasteiger partial charge is 0.251 e. The van der Waals surface area contributed by atoms with Crippen LogP contribution in [0.4, 0.5) is 0 Å². The number of amides is 1. The highest BCUT2D eigenvalue weighted by Crippen LogP contribution is 2.10. The zero-order valence-electron chi connectivity index (χ0n) is 15.0. The minimum absolute atomic E-state index is 0.0203. The van der Waals surface area contributed by atoms with E-state index in [1.54, 1.807) is 0 Å². The van der Waals surface area contributed by atoms with Crippen LogP contribution in [0, 0.1) is 19.8 Å². The van der Waals surface area contributed by atoms with Crippen molar-refractivity contribution in [1.82, 2.24) is 15.1 Å². The fraction of sp³-hybridized carbons (Fsp3) is 0.474. The molecule has 0 aliphatic rings. The standard InChI is InChI=1S/C19H28N4O/c1-13(2)9-18(11-20)21-19(24)17-7-5-16(6-8-17)12-23-15(4)10-14(3)22-23/h5-8,10,13,18H,9,11-12,20H2,1-4H3,(H,21,24). The van der Waals surface area contributed by atoms with Crippen molar-refractivity contribution < 1.29 is 4.79 Å². The molecule has 1 aromatic heterocycles. The number of nitrogens with two attached hydrogens (primary N) is 1. The molecule has 0 spiro atoms. The molecule has 2 aromatic rings. The Hall–Kier alpha value is -2.14. The van der Waals surface area contributed by atoms with Gasteiger partial charge in [0.1, 0.15) is 0 Å². The van der Waals surface area contributed by atoms with Gasteiger partial charge in [0.25, 0.3) is 5.91 Å². The van der Waals surface area contributed by atoms with Crippen molar-refractivity contribution in [2.45, 2.75) is 46.7 Å². The second-order valence-corrected chi connectivity index (χ2v) is 6.82. The van der Waals surface area contributed by atoms with Gasteiger partial charge in [0.2, 0.25) is 0 Å². The molecule has 0 bridgehead atoms. The Morgan fingerprint density at radius 3 is 2.42 bits per heavy atom. The van der Waals surface area contributed by atoms with Crippen molar-refractivity contribution in [2.24, 2.45) is 11.7 Å². The third kappa shape index (κ3) is 4.93. The summed E-state index contributed by atoms with van der Waals surface area (Å²) in [6.45, 7) is 9.46. The minimum atomic E-state index is -0.0660. The molecule has 1 unspecified atom stereocenters. The van der Waals surface area contributed by atoms with Gasteiger partial charge in [0, 0.05) is 23.8 Å². The molecule has 24 heavy (non-hydrogen) atoms. The van der Waals surface area contributed by atoms with Gasteiger partial charge in [-0.25, -0.2) is 0 Å². The second-order valence-electron chi connectivity index (χ2n) is 6.82. The minimum Gasteiger partial charge on any atom is -0.348 e. The van der Waals surface area contributed by atoms with Crippen LogP contribution >= 0.6 is 0 Å². The zero-order chi connectivity index (χ0) is 17.7. The lowest BCUT2D eigenvalue weighted by Gasteiger charge is -2.18. The lowest BCUT2D eigenvalue weighted by molar-refractivity contribution is 0.0933. The molecule has 0 saturated carbocycles. The molecule has 1 heterocycles. The molecule has 0 aliphatic heterocycles. The summed E-state index contributed by atoms with van der Waals surface area (Å²) >= 11 is 0. The first-order chi connectivity index (χ1) is 11.4. The Bertz CT molecular complexity index is 673. The number of aromatic nitrogens is 2. The summed E-state index contributed by atoms with van der Waals surface area (Å²) in [4.78, 5) is 12.3. The maximum atomic E-state index is 12.3. The lowest BCUT2D eigenvalue weighted by Crippen LogP contribution is -2.41. The molecule has 0 saturated heterocycles. The van der Waals surface area contributed by atoms with Crippen LogP contribution in [-0.2, 0) is 6.54 Å². The van der Waals surface area contributed by atoms with E-state index in [4.69, 9.17) is 5.73 Å². The molecule has 5 nitrogen and oxygen atoms in total.